The summed E-state index contributed by atoms with van der Waals surface area (Å²) in [5.41, 5.74) is 1.30. The summed E-state index contributed by atoms with van der Waals surface area (Å²) in [6.45, 7) is 3.98. The second kappa shape index (κ2) is 9.48. The number of Topliss-reactive ketones (excluding diaryl/α,β-unsaturated/α-hetero) is 1. The van der Waals surface area contributed by atoms with Crippen LogP contribution in [-0.2, 0) is 14.3 Å². The number of aryl methyl sites for hydroxylation is 1. The fraction of sp³-hybridized carbons (Fsp3) is 0.200. The van der Waals surface area contributed by atoms with Gasteiger partial charge in [-0.2, -0.15) is 0 Å². The number of esters is 1. The van der Waals surface area contributed by atoms with Crippen molar-refractivity contribution in [1.29, 1.82) is 0 Å². The van der Waals surface area contributed by atoms with Crippen LogP contribution in [0, 0.1) is 6.92 Å². The molecule has 34 heavy (non-hydrogen) atoms. The highest BCUT2D eigenvalue weighted by molar-refractivity contribution is 7.17. The lowest BCUT2D eigenvalue weighted by Crippen LogP contribution is -2.29. The van der Waals surface area contributed by atoms with Gasteiger partial charge in [0.05, 0.1) is 31.0 Å². The van der Waals surface area contributed by atoms with Gasteiger partial charge >= 0.3 is 11.9 Å². The quantitative estimate of drug-likeness (QED) is 0.244. The fourth-order valence-corrected chi connectivity index (χ4v) is 4.79. The Labute approximate surface area is 200 Å². The Balaban J connectivity index is 1.87. The lowest BCUT2D eigenvalue weighted by Gasteiger charge is -2.23. The van der Waals surface area contributed by atoms with Crippen molar-refractivity contribution in [2.75, 3.05) is 18.6 Å². The highest BCUT2D eigenvalue weighted by Crippen LogP contribution is 2.43. The van der Waals surface area contributed by atoms with E-state index in [1.165, 1.54) is 12.0 Å². The van der Waals surface area contributed by atoms with Crippen LogP contribution >= 0.6 is 11.3 Å². The van der Waals surface area contributed by atoms with Crippen LogP contribution in [0.5, 0.6) is 5.75 Å². The average molecular weight is 479 g/mol. The van der Waals surface area contributed by atoms with Gasteiger partial charge in [-0.25, -0.2) is 9.78 Å². The molecule has 1 aliphatic heterocycles. The maximum atomic E-state index is 13.2. The number of ketones is 1. The molecule has 174 valence electrons. The first-order chi connectivity index (χ1) is 16.4. The largest absolute Gasteiger partial charge is 0.507 e. The smallest absolute Gasteiger partial charge is 0.350 e. The highest BCUT2D eigenvalue weighted by Gasteiger charge is 2.48. The molecule has 1 N–H and O–H groups in total. The maximum Gasteiger partial charge on any atom is 0.350 e. The molecule has 1 fully saturated rings. The molecular formula is C25H22N2O6S. The average Bonchev–Trinajstić information content (AvgIpc) is 3.36. The van der Waals surface area contributed by atoms with E-state index in [2.05, 4.69) is 4.98 Å². The minimum absolute atomic E-state index is 0.0622. The topological polar surface area (TPSA) is 106 Å². The normalized spacial score (nSPS) is 17.1. The van der Waals surface area contributed by atoms with Gasteiger partial charge in [-0.3, -0.25) is 14.5 Å². The second-order valence-corrected chi connectivity index (χ2v) is 8.42. The molecule has 0 unspecified atom stereocenters. The van der Waals surface area contributed by atoms with Gasteiger partial charge in [-0.05, 0) is 43.7 Å². The third kappa shape index (κ3) is 4.06. The molecule has 0 aliphatic carbocycles. The molecule has 4 rings (SSSR count). The number of carbonyl (C=O) groups is 3. The number of hydrogen-bond donors (Lipinski definition) is 1. The number of amides is 1. The predicted octanol–water partition coefficient (Wildman–Crippen LogP) is 4.26. The van der Waals surface area contributed by atoms with E-state index >= 15 is 0 Å². The molecule has 0 radical (unpaired) electrons. The van der Waals surface area contributed by atoms with Crippen molar-refractivity contribution >= 4 is 39.9 Å². The zero-order valence-electron chi connectivity index (χ0n) is 18.8. The molecule has 1 saturated heterocycles. The number of carbonyl (C=O) groups excluding carboxylic acids is 3. The molecule has 1 amide bonds. The van der Waals surface area contributed by atoms with Crippen molar-refractivity contribution in [1.82, 2.24) is 4.98 Å². The fourth-order valence-electron chi connectivity index (χ4n) is 3.78. The number of aromatic nitrogens is 1. The van der Waals surface area contributed by atoms with E-state index in [4.69, 9.17) is 9.47 Å². The molecule has 2 heterocycles. The summed E-state index contributed by atoms with van der Waals surface area (Å²) in [5, 5.41) is 11.3. The number of methoxy groups -OCH3 is 1. The third-order valence-corrected chi connectivity index (χ3v) is 6.50. The maximum absolute atomic E-state index is 13.2. The number of ether oxygens (including phenoxy) is 2. The molecule has 0 spiro atoms. The molecule has 1 atom stereocenters. The van der Waals surface area contributed by atoms with Crippen LogP contribution in [0.4, 0.5) is 5.13 Å². The summed E-state index contributed by atoms with van der Waals surface area (Å²) >= 11 is 0.957. The van der Waals surface area contributed by atoms with E-state index < -0.39 is 23.7 Å². The molecule has 2 aromatic carbocycles. The van der Waals surface area contributed by atoms with Crippen LogP contribution in [0.25, 0.3) is 5.76 Å². The summed E-state index contributed by atoms with van der Waals surface area (Å²) < 4.78 is 10.2. The summed E-state index contributed by atoms with van der Waals surface area (Å²) in [6.07, 6.45) is 0. The molecular weight excluding hydrogens is 456 g/mol. The van der Waals surface area contributed by atoms with Crippen molar-refractivity contribution in [2.45, 2.75) is 19.9 Å². The zero-order valence-corrected chi connectivity index (χ0v) is 19.6. The minimum Gasteiger partial charge on any atom is -0.507 e. The van der Waals surface area contributed by atoms with Gasteiger partial charge in [-0.15, -0.1) is 0 Å². The van der Waals surface area contributed by atoms with Gasteiger partial charge in [0.15, 0.2) is 5.13 Å². The first-order valence-electron chi connectivity index (χ1n) is 10.5. The number of rotatable bonds is 6. The van der Waals surface area contributed by atoms with Crippen molar-refractivity contribution in [3.8, 4) is 5.75 Å². The Morgan fingerprint density at radius 3 is 2.41 bits per heavy atom. The van der Waals surface area contributed by atoms with Crippen LogP contribution in [0.15, 0.2) is 60.2 Å². The van der Waals surface area contributed by atoms with Crippen LogP contribution in [0.3, 0.4) is 0 Å². The van der Waals surface area contributed by atoms with Crippen molar-refractivity contribution in [3.63, 3.8) is 0 Å². The second-order valence-electron chi connectivity index (χ2n) is 7.44. The van der Waals surface area contributed by atoms with E-state index in [0.29, 0.717) is 29.2 Å². The summed E-state index contributed by atoms with van der Waals surface area (Å²) in [5.74, 6) is -1.95. The number of nitrogens with zero attached hydrogens (tertiary/aromatic N) is 2. The monoisotopic (exact) mass is 478 g/mol. The SMILES string of the molecule is CCOc1ccc(C(O)=C2C(=O)C(=O)N(c3nc(C)c(C(=O)OC)s3)[C@H]2c2ccccc2)cc1. The Hall–Kier alpha value is -3.98. The van der Waals surface area contributed by atoms with Gasteiger partial charge in [-0.1, -0.05) is 41.7 Å². The van der Waals surface area contributed by atoms with Crippen LogP contribution in [0.1, 0.15) is 39.5 Å². The highest BCUT2D eigenvalue weighted by atomic mass is 32.1. The molecule has 1 aromatic heterocycles. The lowest BCUT2D eigenvalue weighted by molar-refractivity contribution is -0.132. The van der Waals surface area contributed by atoms with E-state index in [9.17, 15) is 19.5 Å². The van der Waals surface area contributed by atoms with Crippen molar-refractivity contribution in [2.24, 2.45) is 0 Å². The number of benzene rings is 2. The number of hydrogen-bond acceptors (Lipinski definition) is 8. The summed E-state index contributed by atoms with van der Waals surface area (Å²) in [7, 11) is 1.26. The molecule has 8 nitrogen and oxygen atoms in total. The van der Waals surface area contributed by atoms with Gasteiger partial charge in [0, 0.05) is 5.56 Å². The Morgan fingerprint density at radius 2 is 1.79 bits per heavy atom. The standard InChI is InChI=1S/C25H22N2O6S/c1-4-33-17-12-10-16(11-13-17)20(28)18-19(15-8-6-5-7-9-15)27(23(30)21(18)29)25-26-14(2)22(34-25)24(31)32-3/h5-13,19,28H,4H2,1-3H3/t19-/m0/s1. The number of thiazole rings is 1. The molecule has 9 heteroatoms. The van der Waals surface area contributed by atoms with Gasteiger partial charge in [0.2, 0.25) is 0 Å². The molecule has 1 aliphatic rings. The van der Waals surface area contributed by atoms with E-state index in [1.54, 1.807) is 55.5 Å². The van der Waals surface area contributed by atoms with Crippen molar-refractivity contribution < 1.29 is 29.0 Å². The predicted molar refractivity (Wildman–Crippen MR) is 127 cm³/mol. The summed E-state index contributed by atoms with van der Waals surface area (Å²) in [6, 6.07) is 14.6. The lowest BCUT2D eigenvalue weighted by atomic mass is 9.95. The number of anilines is 1. The minimum atomic E-state index is -0.927. The number of aliphatic hydroxyl groups is 1. The Morgan fingerprint density at radius 1 is 1.12 bits per heavy atom. The van der Waals surface area contributed by atoms with Gasteiger partial charge in [0.25, 0.3) is 5.78 Å². The molecule has 3 aromatic rings. The van der Waals surface area contributed by atoms with Crippen LogP contribution in [0.2, 0.25) is 0 Å². The zero-order chi connectivity index (χ0) is 24.4. The summed E-state index contributed by atoms with van der Waals surface area (Å²) in [4.78, 5) is 44.3. The third-order valence-electron chi connectivity index (χ3n) is 5.36. The van der Waals surface area contributed by atoms with E-state index in [1.807, 2.05) is 13.0 Å². The molecule has 0 saturated carbocycles. The molecule has 0 bridgehead atoms. The first-order valence-corrected chi connectivity index (χ1v) is 11.3. The van der Waals surface area contributed by atoms with Crippen LogP contribution < -0.4 is 9.64 Å². The Bertz CT molecular complexity index is 1280. The number of aliphatic hydroxyl groups excluding tert-OH is 1. The van der Waals surface area contributed by atoms with Gasteiger partial charge in [0.1, 0.15) is 16.4 Å². The van der Waals surface area contributed by atoms with Crippen molar-refractivity contribution in [3.05, 3.63) is 81.9 Å². The first kappa shape index (κ1) is 23.2. The Kier molecular flexibility index (Phi) is 6.47. The van der Waals surface area contributed by atoms with Gasteiger partial charge < -0.3 is 14.6 Å². The van der Waals surface area contributed by atoms with Crippen LogP contribution in [-0.4, -0.2) is 41.5 Å². The van der Waals surface area contributed by atoms with E-state index in [-0.39, 0.29) is 21.3 Å². The van der Waals surface area contributed by atoms with E-state index in [0.717, 1.165) is 11.3 Å².